The molecule has 0 radical (unpaired) electrons. The lowest BCUT2D eigenvalue weighted by atomic mass is 9.91. The highest BCUT2D eigenvalue weighted by Crippen LogP contribution is 2.28. The highest BCUT2D eigenvalue weighted by atomic mass is 16.7. The molecule has 0 aliphatic carbocycles. The van der Waals surface area contributed by atoms with Crippen molar-refractivity contribution < 1.29 is 47.7 Å². The minimum atomic E-state index is -1.26. The molecular weight excluding hydrogens is 414 g/mol. The lowest BCUT2D eigenvalue weighted by Gasteiger charge is -2.45. The summed E-state index contributed by atoms with van der Waals surface area (Å²) in [6.07, 6.45) is -4.78. The third-order valence-electron chi connectivity index (χ3n) is 4.29. The molecule has 1 saturated heterocycles. The Labute approximate surface area is 181 Å². The summed E-state index contributed by atoms with van der Waals surface area (Å²) in [4.78, 5) is 58.8. The van der Waals surface area contributed by atoms with E-state index in [9.17, 15) is 24.0 Å². The number of ketones is 1. The summed E-state index contributed by atoms with van der Waals surface area (Å²) in [7, 11) is 0. The molecule has 0 saturated carbocycles. The molecular formula is C20H31NO10. The molecule has 1 rings (SSSR count). The van der Waals surface area contributed by atoms with E-state index in [-0.39, 0.29) is 19.0 Å². The predicted molar refractivity (Wildman–Crippen MR) is 104 cm³/mol. The van der Waals surface area contributed by atoms with E-state index in [1.54, 1.807) is 20.8 Å². The number of rotatable bonds is 8. The average molecular weight is 445 g/mol. The van der Waals surface area contributed by atoms with Crippen molar-refractivity contribution in [2.24, 2.45) is 5.41 Å². The number of hydrogen-bond donors (Lipinski definition) is 1. The third kappa shape index (κ3) is 8.62. The maximum absolute atomic E-state index is 12.3. The van der Waals surface area contributed by atoms with Gasteiger partial charge in [-0.15, -0.1) is 0 Å². The first-order valence-electron chi connectivity index (χ1n) is 9.77. The maximum Gasteiger partial charge on any atom is 0.303 e. The monoisotopic (exact) mass is 445 g/mol. The molecule has 0 aromatic carbocycles. The lowest BCUT2D eigenvalue weighted by molar-refractivity contribution is -0.276. The van der Waals surface area contributed by atoms with Gasteiger partial charge in [0, 0.05) is 33.1 Å². The Morgan fingerprint density at radius 3 is 1.87 bits per heavy atom. The first-order chi connectivity index (χ1) is 14.2. The summed E-state index contributed by atoms with van der Waals surface area (Å²) in [5.74, 6) is -2.77. The number of esters is 3. The number of carbonyl (C=O) groups is 5. The molecule has 1 fully saturated rings. The topological polar surface area (TPSA) is 144 Å². The number of Topliss-reactive ketones (excluding diaryl/α,β-unsaturated/α-hetero) is 1. The quantitative estimate of drug-likeness (QED) is 0.408. The zero-order chi connectivity index (χ0) is 23.9. The van der Waals surface area contributed by atoms with Gasteiger partial charge in [-0.1, -0.05) is 20.8 Å². The molecule has 0 spiro atoms. The van der Waals surface area contributed by atoms with Crippen LogP contribution in [0.4, 0.5) is 0 Å². The Morgan fingerprint density at radius 1 is 0.871 bits per heavy atom. The van der Waals surface area contributed by atoms with Crippen LogP contribution in [0.5, 0.6) is 0 Å². The van der Waals surface area contributed by atoms with Crippen molar-refractivity contribution in [3.8, 4) is 0 Å². The summed E-state index contributed by atoms with van der Waals surface area (Å²) in [6.45, 7) is 9.16. The third-order valence-corrected chi connectivity index (χ3v) is 4.29. The van der Waals surface area contributed by atoms with Crippen molar-refractivity contribution in [1.29, 1.82) is 0 Å². The highest BCUT2D eigenvalue weighted by molar-refractivity contribution is 5.84. The Kier molecular flexibility index (Phi) is 9.57. The SMILES string of the molecule is CC(=O)NC1C(OCC(=O)C(C)(C)C)OC(COC(C)=O)C(OC(C)=O)C1OC(C)=O. The molecule has 1 aliphatic heterocycles. The zero-order valence-electron chi connectivity index (χ0n) is 18.9. The fraction of sp³-hybridized carbons (Fsp3) is 0.750. The number of amides is 1. The van der Waals surface area contributed by atoms with Crippen LogP contribution in [0.25, 0.3) is 0 Å². The van der Waals surface area contributed by atoms with Crippen molar-refractivity contribution in [3.05, 3.63) is 0 Å². The molecule has 0 aromatic heterocycles. The van der Waals surface area contributed by atoms with E-state index < -0.39 is 59.9 Å². The predicted octanol–water partition coefficient (Wildman–Crippen LogP) is 0.274. The molecule has 176 valence electrons. The molecule has 31 heavy (non-hydrogen) atoms. The van der Waals surface area contributed by atoms with Gasteiger partial charge in [0.1, 0.15) is 25.4 Å². The van der Waals surface area contributed by atoms with Crippen LogP contribution >= 0.6 is 0 Å². The smallest absolute Gasteiger partial charge is 0.303 e. The van der Waals surface area contributed by atoms with Crippen LogP contribution in [-0.2, 0) is 47.7 Å². The summed E-state index contributed by atoms with van der Waals surface area (Å²) in [5, 5.41) is 2.56. The minimum absolute atomic E-state index is 0.236. The molecule has 1 aliphatic rings. The van der Waals surface area contributed by atoms with Crippen molar-refractivity contribution in [1.82, 2.24) is 5.32 Å². The highest BCUT2D eigenvalue weighted by Gasteiger charge is 2.51. The van der Waals surface area contributed by atoms with Gasteiger partial charge in [-0.25, -0.2) is 0 Å². The Morgan fingerprint density at radius 2 is 1.42 bits per heavy atom. The fourth-order valence-corrected chi connectivity index (χ4v) is 2.81. The van der Waals surface area contributed by atoms with Crippen molar-refractivity contribution in [2.75, 3.05) is 13.2 Å². The normalized spacial score (nSPS) is 25.8. The number of nitrogens with one attached hydrogen (secondary N) is 1. The van der Waals surface area contributed by atoms with Gasteiger partial charge in [0.25, 0.3) is 0 Å². The van der Waals surface area contributed by atoms with Crippen LogP contribution in [0.3, 0.4) is 0 Å². The standard InChI is InChI=1S/C20H31NO10/c1-10(22)21-16-18(30-13(4)25)17(29-12(3)24)14(8-27-11(2)23)31-19(16)28-9-15(26)20(5,6)7/h14,16-19H,8-9H2,1-7H3,(H,21,22). The molecule has 1 N–H and O–H groups in total. The zero-order valence-corrected chi connectivity index (χ0v) is 18.9. The van der Waals surface area contributed by atoms with E-state index in [0.717, 1.165) is 13.8 Å². The van der Waals surface area contributed by atoms with E-state index in [1.807, 2.05) is 0 Å². The lowest BCUT2D eigenvalue weighted by Crippen LogP contribution is -2.66. The van der Waals surface area contributed by atoms with Crippen LogP contribution in [-0.4, -0.2) is 73.5 Å². The first-order valence-corrected chi connectivity index (χ1v) is 9.77. The van der Waals surface area contributed by atoms with Crippen LogP contribution in [0.2, 0.25) is 0 Å². The molecule has 11 nitrogen and oxygen atoms in total. The van der Waals surface area contributed by atoms with E-state index in [0.29, 0.717) is 0 Å². The molecule has 1 amide bonds. The minimum Gasteiger partial charge on any atom is -0.463 e. The van der Waals surface area contributed by atoms with Gasteiger partial charge < -0.3 is 29.0 Å². The van der Waals surface area contributed by atoms with Gasteiger partial charge in [0.05, 0.1) is 0 Å². The van der Waals surface area contributed by atoms with Crippen molar-refractivity contribution in [3.63, 3.8) is 0 Å². The average Bonchev–Trinajstić information content (AvgIpc) is 2.60. The molecule has 0 bridgehead atoms. The Balaban J connectivity index is 3.29. The van der Waals surface area contributed by atoms with E-state index in [2.05, 4.69) is 5.32 Å². The van der Waals surface area contributed by atoms with Gasteiger partial charge in [-0.05, 0) is 0 Å². The second kappa shape index (κ2) is 11.2. The molecule has 5 unspecified atom stereocenters. The van der Waals surface area contributed by atoms with E-state index >= 15 is 0 Å². The Bertz CT molecular complexity index is 699. The van der Waals surface area contributed by atoms with Gasteiger partial charge in [-0.2, -0.15) is 0 Å². The second-order valence-corrected chi connectivity index (χ2v) is 8.20. The Hall–Kier alpha value is -2.53. The number of hydrogen-bond acceptors (Lipinski definition) is 10. The molecule has 0 aromatic rings. The van der Waals surface area contributed by atoms with Gasteiger partial charge in [-0.3, -0.25) is 24.0 Å². The van der Waals surface area contributed by atoms with Crippen LogP contribution < -0.4 is 5.32 Å². The second-order valence-electron chi connectivity index (χ2n) is 8.20. The molecule has 5 atom stereocenters. The number of ether oxygens (including phenoxy) is 5. The number of carbonyl (C=O) groups excluding carboxylic acids is 5. The van der Waals surface area contributed by atoms with Gasteiger partial charge in [0.15, 0.2) is 24.3 Å². The van der Waals surface area contributed by atoms with E-state index in [4.69, 9.17) is 23.7 Å². The molecule has 11 heteroatoms. The summed E-state index contributed by atoms with van der Waals surface area (Å²) >= 11 is 0. The fourth-order valence-electron chi connectivity index (χ4n) is 2.81. The summed E-state index contributed by atoms with van der Waals surface area (Å²) < 4.78 is 27.0. The van der Waals surface area contributed by atoms with Crippen LogP contribution in [0, 0.1) is 5.41 Å². The van der Waals surface area contributed by atoms with Crippen LogP contribution in [0.1, 0.15) is 48.5 Å². The van der Waals surface area contributed by atoms with Crippen molar-refractivity contribution >= 4 is 29.6 Å². The largest absolute Gasteiger partial charge is 0.463 e. The summed E-state index contributed by atoms with van der Waals surface area (Å²) in [5.41, 5.74) is -0.690. The summed E-state index contributed by atoms with van der Waals surface area (Å²) in [6, 6.07) is -1.10. The van der Waals surface area contributed by atoms with Gasteiger partial charge >= 0.3 is 17.9 Å². The molecule has 1 heterocycles. The van der Waals surface area contributed by atoms with Crippen LogP contribution in [0.15, 0.2) is 0 Å². The first kappa shape index (κ1) is 26.5. The van der Waals surface area contributed by atoms with Gasteiger partial charge in [0.2, 0.25) is 5.91 Å². The maximum atomic E-state index is 12.3. The van der Waals surface area contributed by atoms with E-state index in [1.165, 1.54) is 13.8 Å². The van der Waals surface area contributed by atoms with Crippen molar-refractivity contribution in [2.45, 2.75) is 79.1 Å².